The summed E-state index contributed by atoms with van der Waals surface area (Å²) in [5, 5.41) is 10.1. The Hall–Kier alpha value is -2.26. The van der Waals surface area contributed by atoms with E-state index < -0.39 is 5.97 Å². The van der Waals surface area contributed by atoms with Gasteiger partial charge in [-0.15, -0.1) is 10.2 Å². The van der Waals surface area contributed by atoms with E-state index >= 15 is 0 Å². The van der Waals surface area contributed by atoms with Crippen LogP contribution in [0.25, 0.3) is 11.4 Å². The van der Waals surface area contributed by atoms with Gasteiger partial charge in [0.1, 0.15) is 0 Å². The van der Waals surface area contributed by atoms with Crippen molar-refractivity contribution in [2.45, 2.75) is 25.5 Å². The van der Waals surface area contributed by atoms with Crippen molar-refractivity contribution in [3.63, 3.8) is 0 Å². The molecule has 1 aliphatic heterocycles. The molecule has 0 unspecified atom stereocenters. The number of rotatable bonds is 8. The van der Waals surface area contributed by atoms with Crippen LogP contribution in [0.15, 0.2) is 46.6 Å². The molecule has 0 bridgehead atoms. The van der Waals surface area contributed by atoms with Crippen LogP contribution in [0.2, 0.25) is 0 Å². The van der Waals surface area contributed by atoms with Crippen LogP contribution in [0, 0.1) is 0 Å². The minimum atomic E-state index is -0.421. The molecule has 3 rings (SSSR count). The second kappa shape index (κ2) is 9.79. The first-order valence-electron chi connectivity index (χ1n) is 9.07. The summed E-state index contributed by atoms with van der Waals surface area (Å²) in [6.45, 7) is 5.38. The Morgan fingerprint density at radius 1 is 1.29 bits per heavy atom. The van der Waals surface area contributed by atoms with Gasteiger partial charge in [-0.25, -0.2) is 4.79 Å². The maximum atomic E-state index is 12.1. The van der Waals surface area contributed by atoms with Gasteiger partial charge in [0.2, 0.25) is 5.91 Å². The van der Waals surface area contributed by atoms with Gasteiger partial charge in [0.25, 0.3) is 0 Å². The van der Waals surface area contributed by atoms with Gasteiger partial charge in [0, 0.05) is 24.4 Å². The van der Waals surface area contributed by atoms with Gasteiger partial charge < -0.3 is 14.2 Å². The molecule has 1 saturated heterocycles. The molecule has 0 radical (unpaired) electrons. The van der Waals surface area contributed by atoms with Crippen LogP contribution in [-0.4, -0.2) is 56.2 Å². The minimum Gasteiger partial charge on any atom is -0.463 e. The summed E-state index contributed by atoms with van der Waals surface area (Å²) < 4.78 is 7.01. The molecule has 1 aliphatic rings. The van der Waals surface area contributed by atoms with E-state index in [0.717, 1.165) is 23.1 Å². The van der Waals surface area contributed by atoms with E-state index in [2.05, 4.69) is 21.7 Å². The molecular weight excluding hydrogens is 396 g/mol. The van der Waals surface area contributed by atoms with Crippen molar-refractivity contribution in [3.8, 4) is 11.4 Å². The monoisotopic (exact) mass is 418 g/mol. The summed E-state index contributed by atoms with van der Waals surface area (Å²) in [5.41, 5.74) is 1.02. The molecule has 0 aliphatic carbocycles. The zero-order chi connectivity index (χ0) is 19.9. The van der Waals surface area contributed by atoms with Gasteiger partial charge in [-0.05, 0) is 13.8 Å². The number of hydrogen-bond acceptors (Lipinski definition) is 7. The fourth-order valence-electron chi connectivity index (χ4n) is 2.76. The lowest BCUT2D eigenvalue weighted by molar-refractivity contribution is -0.137. The average molecular weight is 419 g/mol. The second-order valence-electron chi connectivity index (χ2n) is 5.83. The highest BCUT2D eigenvalue weighted by molar-refractivity contribution is 8.04. The van der Waals surface area contributed by atoms with Crippen LogP contribution in [-0.2, 0) is 20.9 Å². The number of esters is 1. The third-order valence-electron chi connectivity index (χ3n) is 4.05. The molecule has 9 heteroatoms. The Bertz CT molecular complexity index is 867. The van der Waals surface area contributed by atoms with Crippen LogP contribution in [0.5, 0.6) is 0 Å². The highest BCUT2D eigenvalue weighted by atomic mass is 32.2. The lowest BCUT2D eigenvalue weighted by Crippen LogP contribution is -2.27. The molecule has 28 heavy (non-hydrogen) atoms. The first kappa shape index (κ1) is 20.5. The minimum absolute atomic E-state index is 0.00285. The summed E-state index contributed by atoms with van der Waals surface area (Å²) in [6, 6.07) is 9.95. The van der Waals surface area contributed by atoms with Gasteiger partial charge in [-0.1, -0.05) is 53.9 Å². The van der Waals surface area contributed by atoms with E-state index in [0.29, 0.717) is 29.7 Å². The fraction of sp³-hybridized carbons (Fsp3) is 0.368. The van der Waals surface area contributed by atoms with Crippen molar-refractivity contribution in [3.05, 3.63) is 41.4 Å². The average Bonchev–Trinajstić information content (AvgIpc) is 3.27. The first-order valence-corrected chi connectivity index (χ1v) is 11.0. The molecule has 2 heterocycles. The van der Waals surface area contributed by atoms with Gasteiger partial charge in [0.15, 0.2) is 11.0 Å². The number of carbonyl (C=O) groups excluding carboxylic acids is 2. The standard InChI is InChI=1S/C19H22N4O3S2/c1-3-22-18(14-8-6-5-7-9-14)20-21-19(22)27-11-10-23-15(24)13-28-16(23)12-17(25)26-4-2/h5-9,12H,3-4,10-11,13H2,1-2H3/b16-12-. The largest absolute Gasteiger partial charge is 0.463 e. The summed E-state index contributed by atoms with van der Waals surface area (Å²) in [4.78, 5) is 25.5. The molecular formula is C19H22N4O3S2. The van der Waals surface area contributed by atoms with Crippen LogP contribution in [0.3, 0.4) is 0 Å². The van der Waals surface area contributed by atoms with Gasteiger partial charge in [-0.2, -0.15) is 0 Å². The summed E-state index contributed by atoms with van der Waals surface area (Å²) >= 11 is 2.91. The van der Waals surface area contributed by atoms with E-state index in [1.165, 1.54) is 17.8 Å². The van der Waals surface area contributed by atoms with Gasteiger partial charge >= 0.3 is 5.97 Å². The van der Waals surface area contributed by atoms with E-state index in [4.69, 9.17) is 4.74 Å². The maximum Gasteiger partial charge on any atom is 0.333 e. The predicted molar refractivity (Wildman–Crippen MR) is 111 cm³/mol. The second-order valence-corrected chi connectivity index (χ2v) is 7.89. The van der Waals surface area contributed by atoms with E-state index in [1.807, 2.05) is 30.3 Å². The van der Waals surface area contributed by atoms with Crippen molar-refractivity contribution in [2.75, 3.05) is 24.7 Å². The smallest absolute Gasteiger partial charge is 0.333 e. The number of nitrogens with zero attached hydrogens (tertiary/aromatic N) is 4. The van der Waals surface area contributed by atoms with Crippen molar-refractivity contribution in [1.82, 2.24) is 19.7 Å². The number of hydrogen-bond donors (Lipinski definition) is 0. The van der Waals surface area contributed by atoms with Crippen LogP contribution in [0.1, 0.15) is 13.8 Å². The molecule has 0 saturated carbocycles. The molecule has 7 nitrogen and oxygen atoms in total. The number of thioether (sulfide) groups is 2. The van der Waals surface area contributed by atoms with Gasteiger partial charge in [-0.3, -0.25) is 4.79 Å². The third-order valence-corrected chi connectivity index (χ3v) is 6.02. The SMILES string of the molecule is CCOC(=O)/C=C1\SCC(=O)N1CCSc1nnc(-c2ccccc2)n1CC. The fourth-order valence-corrected chi connectivity index (χ4v) is 4.65. The number of aromatic nitrogens is 3. The van der Waals surface area contributed by atoms with Crippen molar-refractivity contribution in [2.24, 2.45) is 0 Å². The Kier molecular flexibility index (Phi) is 7.16. The molecule has 1 fully saturated rings. The van der Waals surface area contributed by atoms with Crippen LogP contribution in [0.4, 0.5) is 0 Å². The zero-order valence-corrected chi connectivity index (χ0v) is 17.5. The zero-order valence-electron chi connectivity index (χ0n) is 15.8. The summed E-state index contributed by atoms with van der Waals surface area (Å²) in [6.07, 6.45) is 1.39. The molecule has 0 spiro atoms. The normalized spacial score (nSPS) is 15.4. The Morgan fingerprint density at radius 2 is 2.07 bits per heavy atom. The number of ether oxygens (including phenoxy) is 1. The highest BCUT2D eigenvalue weighted by Crippen LogP contribution is 2.30. The van der Waals surface area contributed by atoms with E-state index in [1.54, 1.807) is 23.6 Å². The third kappa shape index (κ3) is 4.77. The van der Waals surface area contributed by atoms with E-state index in [-0.39, 0.29) is 5.91 Å². The number of amides is 1. The molecule has 1 aromatic carbocycles. The van der Waals surface area contributed by atoms with Crippen LogP contribution < -0.4 is 0 Å². The van der Waals surface area contributed by atoms with Gasteiger partial charge in [0.05, 0.1) is 23.5 Å². The number of carbonyl (C=O) groups is 2. The topological polar surface area (TPSA) is 77.3 Å². The lowest BCUT2D eigenvalue weighted by atomic mass is 10.2. The first-order chi connectivity index (χ1) is 13.6. The Morgan fingerprint density at radius 3 is 2.79 bits per heavy atom. The predicted octanol–water partition coefficient (Wildman–Crippen LogP) is 3.04. The molecule has 0 atom stereocenters. The Labute approximate surface area is 172 Å². The molecule has 1 aromatic heterocycles. The highest BCUT2D eigenvalue weighted by Gasteiger charge is 2.27. The lowest BCUT2D eigenvalue weighted by Gasteiger charge is -2.16. The van der Waals surface area contributed by atoms with Crippen molar-refractivity contribution in [1.29, 1.82) is 0 Å². The van der Waals surface area contributed by atoms with E-state index in [9.17, 15) is 9.59 Å². The summed E-state index contributed by atoms with van der Waals surface area (Å²) in [7, 11) is 0. The molecule has 1 amide bonds. The quantitative estimate of drug-likeness (QED) is 0.370. The molecule has 0 N–H and O–H groups in total. The van der Waals surface area contributed by atoms with Crippen LogP contribution >= 0.6 is 23.5 Å². The summed E-state index contributed by atoms with van der Waals surface area (Å²) in [5.74, 6) is 1.42. The van der Waals surface area contributed by atoms with Crippen molar-refractivity contribution >= 4 is 35.4 Å². The Balaban J connectivity index is 1.65. The molecule has 2 aromatic rings. The number of benzene rings is 1. The maximum absolute atomic E-state index is 12.1. The van der Waals surface area contributed by atoms with Crippen molar-refractivity contribution < 1.29 is 14.3 Å². The molecule has 148 valence electrons.